The zero-order chi connectivity index (χ0) is 16.9. The zero-order valence-corrected chi connectivity index (χ0v) is 13.7. The second-order valence-electron chi connectivity index (χ2n) is 4.51. The van der Waals surface area contributed by atoms with Crippen LogP contribution < -0.4 is 0 Å². The zero-order valence-electron chi connectivity index (χ0n) is 12.1. The van der Waals surface area contributed by atoms with E-state index in [9.17, 15) is 13.6 Å². The van der Waals surface area contributed by atoms with Crippen molar-refractivity contribution < 1.29 is 22.8 Å². The predicted octanol–water partition coefficient (Wildman–Crippen LogP) is 3.91. The first-order valence-corrected chi connectivity index (χ1v) is 8.58. The standard InChI is InChI=1S/C15H10F2N2O3S2/c16-9-3-4-10(17)12(6-9)24-8-14(20)21-7-13-18-15(19-22-13)11-2-1-5-23-11/h1-6H,7-8H2. The summed E-state index contributed by atoms with van der Waals surface area (Å²) in [5, 5.41) is 5.67. The number of carbonyl (C=O) groups is 1. The van der Waals surface area contributed by atoms with Crippen molar-refractivity contribution in [2.75, 3.05) is 5.75 Å². The number of thiophene rings is 1. The Kier molecular flexibility index (Phi) is 5.21. The smallest absolute Gasteiger partial charge is 0.316 e. The molecule has 9 heteroatoms. The number of carbonyl (C=O) groups excluding carboxylic acids is 1. The highest BCUT2D eigenvalue weighted by Gasteiger charge is 2.13. The van der Waals surface area contributed by atoms with Gasteiger partial charge in [0, 0.05) is 4.90 Å². The van der Waals surface area contributed by atoms with Gasteiger partial charge in [-0.1, -0.05) is 11.2 Å². The third-order valence-electron chi connectivity index (χ3n) is 2.81. The molecular weight excluding hydrogens is 358 g/mol. The first kappa shape index (κ1) is 16.6. The number of ether oxygens (including phenoxy) is 1. The Balaban J connectivity index is 1.50. The summed E-state index contributed by atoms with van der Waals surface area (Å²) in [7, 11) is 0. The van der Waals surface area contributed by atoms with E-state index in [2.05, 4.69) is 10.1 Å². The molecule has 0 N–H and O–H groups in total. The van der Waals surface area contributed by atoms with Crippen LogP contribution in [0, 0.1) is 11.6 Å². The fourth-order valence-corrected chi connectivity index (χ4v) is 3.14. The maximum Gasteiger partial charge on any atom is 0.316 e. The molecule has 24 heavy (non-hydrogen) atoms. The van der Waals surface area contributed by atoms with Gasteiger partial charge in [-0.25, -0.2) is 8.78 Å². The molecule has 0 aliphatic rings. The van der Waals surface area contributed by atoms with Crippen LogP contribution in [0.5, 0.6) is 0 Å². The highest BCUT2D eigenvalue weighted by Crippen LogP contribution is 2.23. The van der Waals surface area contributed by atoms with Gasteiger partial charge in [0.15, 0.2) is 6.61 Å². The summed E-state index contributed by atoms with van der Waals surface area (Å²) in [6, 6.07) is 6.75. The van der Waals surface area contributed by atoms with E-state index in [-0.39, 0.29) is 23.1 Å². The molecule has 0 bridgehead atoms. The lowest BCUT2D eigenvalue weighted by Crippen LogP contribution is -2.07. The van der Waals surface area contributed by atoms with Crippen LogP contribution in [0.2, 0.25) is 0 Å². The first-order chi connectivity index (χ1) is 11.6. The normalized spacial score (nSPS) is 10.8. The quantitative estimate of drug-likeness (QED) is 0.485. The van der Waals surface area contributed by atoms with Crippen molar-refractivity contribution in [2.45, 2.75) is 11.5 Å². The minimum absolute atomic E-state index is 0.0460. The van der Waals surface area contributed by atoms with Gasteiger partial charge < -0.3 is 9.26 Å². The van der Waals surface area contributed by atoms with Gasteiger partial charge in [-0.3, -0.25) is 4.79 Å². The number of thioether (sulfide) groups is 1. The predicted molar refractivity (Wildman–Crippen MR) is 84.5 cm³/mol. The Hall–Kier alpha value is -2.26. The average molecular weight is 368 g/mol. The van der Waals surface area contributed by atoms with E-state index in [4.69, 9.17) is 9.26 Å². The van der Waals surface area contributed by atoms with Crippen molar-refractivity contribution in [3.05, 3.63) is 53.2 Å². The van der Waals surface area contributed by atoms with Crippen LogP contribution in [0.25, 0.3) is 10.7 Å². The average Bonchev–Trinajstić information content (AvgIpc) is 3.24. The molecule has 0 aliphatic carbocycles. The fourth-order valence-electron chi connectivity index (χ4n) is 1.73. The minimum atomic E-state index is -0.598. The van der Waals surface area contributed by atoms with Crippen LogP contribution in [-0.2, 0) is 16.1 Å². The van der Waals surface area contributed by atoms with Gasteiger partial charge in [-0.2, -0.15) is 4.98 Å². The molecule has 0 unspecified atom stereocenters. The van der Waals surface area contributed by atoms with Gasteiger partial charge >= 0.3 is 5.97 Å². The highest BCUT2D eigenvalue weighted by molar-refractivity contribution is 8.00. The maximum absolute atomic E-state index is 13.4. The van der Waals surface area contributed by atoms with Gasteiger partial charge in [0.25, 0.3) is 5.89 Å². The molecule has 0 fully saturated rings. The molecule has 0 saturated heterocycles. The van der Waals surface area contributed by atoms with Crippen molar-refractivity contribution in [3.63, 3.8) is 0 Å². The van der Waals surface area contributed by atoms with Crippen LogP contribution in [0.3, 0.4) is 0 Å². The molecule has 0 aliphatic heterocycles. The fraction of sp³-hybridized carbons (Fsp3) is 0.133. The summed E-state index contributed by atoms with van der Waals surface area (Å²) in [6.45, 7) is -0.177. The SMILES string of the molecule is O=C(CSc1cc(F)ccc1F)OCc1nc(-c2cccs2)no1. The molecular formula is C15H10F2N2O3S2. The number of rotatable bonds is 6. The lowest BCUT2D eigenvalue weighted by molar-refractivity contribution is -0.142. The molecule has 0 atom stereocenters. The molecule has 2 aromatic heterocycles. The Labute approximate surface area is 143 Å². The van der Waals surface area contributed by atoms with E-state index in [1.165, 1.54) is 11.3 Å². The molecule has 3 aromatic rings. The van der Waals surface area contributed by atoms with Gasteiger partial charge in [-0.15, -0.1) is 23.1 Å². The number of aromatic nitrogens is 2. The van der Waals surface area contributed by atoms with Crippen molar-refractivity contribution in [1.82, 2.24) is 10.1 Å². The van der Waals surface area contributed by atoms with Crippen LogP contribution in [-0.4, -0.2) is 21.9 Å². The minimum Gasteiger partial charge on any atom is -0.455 e. The number of nitrogens with zero attached hydrogens (tertiary/aromatic N) is 2. The van der Waals surface area contributed by atoms with Crippen molar-refractivity contribution in [1.29, 1.82) is 0 Å². The van der Waals surface area contributed by atoms with Gasteiger partial charge in [0.2, 0.25) is 5.82 Å². The Morgan fingerprint density at radius 3 is 3.00 bits per heavy atom. The molecule has 0 spiro atoms. The highest BCUT2D eigenvalue weighted by atomic mass is 32.2. The van der Waals surface area contributed by atoms with Crippen molar-refractivity contribution >= 4 is 29.1 Å². The van der Waals surface area contributed by atoms with E-state index in [1.807, 2.05) is 17.5 Å². The second-order valence-corrected chi connectivity index (χ2v) is 6.48. The first-order valence-electron chi connectivity index (χ1n) is 6.72. The van der Waals surface area contributed by atoms with E-state index in [1.54, 1.807) is 0 Å². The number of esters is 1. The topological polar surface area (TPSA) is 65.2 Å². The molecule has 0 amide bonds. The monoisotopic (exact) mass is 368 g/mol. The lowest BCUT2D eigenvalue weighted by Gasteiger charge is -2.03. The summed E-state index contributed by atoms with van der Waals surface area (Å²) in [4.78, 5) is 16.7. The van der Waals surface area contributed by atoms with E-state index >= 15 is 0 Å². The summed E-state index contributed by atoms with van der Waals surface area (Å²) < 4.78 is 36.4. The summed E-state index contributed by atoms with van der Waals surface area (Å²) in [6.07, 6.45) is 0. The number of hydrogen-bond acceptors (Lipinski definition) is 7. The number of halogens is 2. The largest absolute Gasteiger partial charge is 0.455 e. The summed E-state index contributed by atoms with van der Waals surface area (Å²) in [5.74, 6) is -1.34. The molecule has 3 rings (SSSR count). The number of hydrogen-bond donors (Lipinski definition) is 0. The third-order valence-corrected chi connectivity index (χ3v) is 4.67. The van der Waals surface area contributed by atoms with Gasteiger partial charge in [-0.05, 0) is 29.6 Å². The molecule has 1 aromatic carbocycles. The molecule has 2 heterocycles. The van der Waals surface area contributed by atoms with Crippen molar-refractivity contribution in [3.8, 4) is 10.7 Å². The van der Waals surface area contributed by atoms with Crippen LogP contribution in [0.15, 0.2) is 45.1 Å². The van der Waals surface area contributed by atoms with E-state index < -0.39 is 17.6 Å². The third kappa shape index (κ3) is 4.18. The molecule has 0 radical (unpaired) electrons. The van der Waals surface area contributed by atoms with Crippen LogP contribution in [0.1, 0.15) is 5.89 Å². The Bertz CT molecular complexity index is 837. The van der Waals surface area contributed by atoms with Crippen LogP contribution >= 0.6 is 23.1 Å². The van der Waals surface area contributed by atoms with Crippen LogP contribution in [0.4, 0.5) is 8.78 Å². The molecule has 0 saturated carbocycles. The maximum atomic E-state index is 13.4. The van der Waals surface area contributed by atoms with E-state index in [0.29, 0.717) is 5.82 Å². The van der Waals surface area contributed by atoms with Gasteiger partial charge in [0.05, 0.1) is 10.6 Å². The Morgan fingerprint density at radius 2 is 2.21 bits per heavy atom. The van der Waals surface area contributed by atoms with E-state index in [0.717, 1.165) is 34.8 Å². The van der Waals surface area contributed by atoms with Gasteiger partial charge in [0.1, 0.15) is 11.6 Å². The summed E-state index contributed by atoms with van der Waals surface area (Å²) in [5.41, 5.74) is 0. The lowest BCUT2D eigenvalue weighted by atomic mass is 10.3. The Morgan fingerprint density at radius 1 is 1.33 bits per heavy atom. The second kappa shape index (κ2) is 7.54. The molecule has 124 valence electrons. The van der Waals surface area contributed by atoms with Crippen molar-refractivity contribution in [2.24, 2.45) is 0 Å². The molecule has 5 nitrogen and oxygen atoms in total. The number of benzene rings is 1. The summed E-state index contributed by atoms with van der Waals surface area (Å²) >= 11 is 2.31.